The van der Waals surface area contributed by atoms with Crippen molar-refractivity contribution in [1.82, 2.24) is 5.32 Å². The lowest BCUT2D eigenvalue weighted by Gasteiger charge is -2.32. The van der Waals surface area contributed by atoms with Crippen molar-refractivity contribution in [2.45, 2.75) is 5.92 Å². The molecule has 3 heteroatoms. The van der Waals surface area contributed by atoms with Crippen LogP contribution in [0.4, 0.5) is 5.69 Å². The molecular weight excluding hydrogens is 264 g/mol. The van der Waals surface area contributed by atoms with Gasteiger partial charge in [0.25, 0.3) is 0 Å². The van der Waals surface area contributed by atoms with Crippen molar-refractivity contribution >= 4 is 17.0 Å². The van der Waals surface area contributed by atoms with Crippen molar-refractivity contribution in [2.24, 2.45) is 0 Å². The first-order chi connectivity index (χ1) is 9.90. The van der Waals surface area contributed by atoms with Gasteiger partial charge in [0, 0.05) is 42.7 Å². The first-order valence-corrected chi connectivity index (χ1v) is 7.98. The largest absolute Gasteiger partial charge is 0.369 e. The Morgan fingerprint density at radius 2 is 1.95 bits per heavy atom. The second-order valence-electron chi connectivity index (χ2n) is 5.02. The van der Waals surface area contributed by atoms with Crippen LogP contribution in [0.15, 0.2) is 54.4 Å². The number of anilines is 1. The molecule has 0 saturated carbocycles. The molecule has 20 heavy (non-hydrogen) atoms. The summed E-state index contributed by atoms with van der Waals surface area (Å²) in [6.07, 6.45) is 2.06. The summed E-state index contributed by atoms with van der Waals surface area (Å²) < 4.78 is 0. The molecule has 2 heterocycles. The Morgan fingerprint density at radius 3 is 2.65 bits per heavy atom. The van der Waals surface area contributed by atoms with E-state index in [9.17, 15) is 0 Å². The van der Waals surface area contributed by atoms with Gasteiger partial charge in [-0.15, -0.1) is 17.9 Å². The van der Waals surface area contributed by atoms with E-state index >= 15 is 0 Å². The Hall–Kier alpha value is -1.58. The van der Waals surface area contributed by atoms with Crippen molar-refractivity contribution in [3.8, 4) is 0 Å². The van der Waals surface area contributed by atoms with E-state index in [0.29, 0.717) is 5.92 Å². The second-order valence-corrected chi connectivity index (χ2v) is 6.00. The molecule has 1 N–H and O–H groups in total. The summed E-state index contributed by atoms with van der Waals surface area (Å²) in [5.74, 6) is 0.293. The Balaban J connectivity index is 1.97. The van der Waals surface area contributed by atoms with Crippen molar-refractivity contribution in [1.29, 1.82) is 0 Å². The summed E-state index contributed by atoms with van der Waals surface area (Å²) in [6, 6.07) is 13.1. The van der Waals surface area contributed by atoms with Crippen LogP contribution in [0, 0.1) is 0 Å². The van der Waals surface area contributed by atoms with Gasteiger partial charge >= 0.3 is 0 Å². The first-order valence-electron chi connectivity index (χ1n) is 7.10. The number of benzene rings is 1. The van der Waals surface area contributed by atoms with Crippen LogP contribution in [0.5, 0.6) is 0 Å². The van der Waals surface area contributed by atoms with Gasteiger partial charge in [0.1, 0.15) is 0 Å². The molecule has 0 radical (unpaired) electrons. The predicted octanol–water partition coefficient (Wildman–Crippen LogP) is 3.48. The molecule has 2 nitrogen and oxygen atoms in total. The van der Waals surface area contributed by atoms with Gasteiger partial charge in [-0.25, -0.2) is 0 Å². The molecule has 1 aliphatic heterocycles. The third-order valence-corrected chi connectivity index (χ3v) is 4.77. The normalized spacial score (nSPS) is 16.9. The van der Waals surface area contributed by atoms with Crippen LogP contribution in [0.25, 0.3) is 0 Å². The third-order valence-electron chi connectivity index (χ3n) is 3.81. The van der Waals surface area contributed by atoms with Gasteiger partial charge < -0.3 is 10.2 Å². The van der Waals surface area contributed by atoms with Gasteiger partial charge in [-0.2, -0.15) is 0 Å². The van der Waals surface area contributed by atoms with Gasteiger partial charge in [-0.05, 0) is 23.1 Å². The SMILES string of the molecule is C=CC(c1cccs1)c1ccccc1N1CCNCC1. The monoisotopic (exact) mass is 284 g/mol. The number of rotatable bonds is 4. The van der Waals surface area contributed by atoms with Gasteiger partial charge in [-0.3, -0.25) is 0 Å². The number of hydrogen-bond donors (Lipinski definition) is 1. The molecule has 1 aromatic carbocycles. The zero-order chi connectivity index (χ0) is 13.8. The molecule has 104 valence electrons. The summed E-state index contributed by atoms with van der Waals surface area (Å²) in [7, 11) is 0. The van der Waals surface area contributed by atoms with E-state index in [2.05, 4.69) is 64.6 Å². The van der Waals surface area contributed by atoms with Crippen molar-refractivity contribution in [3.63, 3.8) is 0 Å². The fraction of sp³-hybridized carbons (Fsp3) is 0.294. The van der Waals surface area contributed by atoms with Crippen LogP contribution in [0.3, 0.4) is 0 Å². The van der Waals surface area contributed by atoms with Crippen LogP contribution < -0.4 is 10.2 Å². The molecule has 1 fully saturated rings. The predicted molar refractivity (Wildman–Crippen MR) is 87.9 cm³/mol. The van der Waals surface area contributed by atoms with Crippen LogP contribution in [0.2, 0.25) is 0 Å². The van der Waals surface area contributed by atoms with Crippen molar-refractivity contribution < 1.29 is 0 Å². The standard InChI is InChI=1S/C17H20N2S/c1-2-14(17-8-5-13-20-17)15-6-3-4-7-16(15)19-11-9-18-10-12-19/h2-8,13-14,18H,1,9-12H2. The summed E-state index contributed by atoms with van der Waals surface area (Å²) in [4.78, 5) is 3.85. The van der Waals surface area contributed by atoms with Crippen LogP contribution in [-0.2, 0) is 0 Å². The molecule has 0 bridgehead atoms. The number of nitrogens with one attached hydrogen (secondary N) is 1. The number of nitrogens with zero attached hydrogens (tertiary/aromatic N) is 1. The lowest BCUT2D eigenvalue weighted by atomic mass is 9.95. The number of hydrogen-bond acceptors (Lipinski definition) is 3. The van der Waals surface area contributed by atoms with Gasteiger partial charge in [0.15, 0.2) is 0 Å². The van der Waals surface area contributed by atoms with Crippen molar-refractivity contribution in [3.05, 3.63) is 64.9 Å². The molecule has 0 amide bonds. The van der Waals surface area contributed by atoms with Gasteiger partial charge in [0.2, 0.25) is 0 Å². The molecule has 1 saturated heterocycles. The molecule has 3 rings (SSSR count). The van der Waals surface area contributed by atoms with Gasteiger partial charge in [-0.1, -0.05) is 30.3 Å². The number of para-hydroxylation sites is 1. The van der Waals surface area contributed by atoms with E-state index in [0.717, 1.165) is 26.2 Å². The minimum Gasteiger partial charge on any atom is -0.369 e. The Morgan fingerprint density at radius 1 is 1.15 bits per heavy atom. The molecule has 1 aliphatic rings. The summed E-state index contributed by atoms with van der Waals surface area (Å²) in [6.45, 7) is 8.33. The smallest absolute Gasteiger partial charge is 0.0409 e. The molecular formula is C17H20N2S. The molecule has 2 aromatic rings. The Bertz CT molecular complexity index is 556. The van der Waals surface area contributed by atoms with Crippen LogP contribution >= 0.6 is 11.3 Å². The third kappa shape index (κ3) is 2.65. The van der Waals surface area contributed by atoms with Crippen LogP contribution in [0.1, 0.15) is 16.4 Å². The molecule has 1 unspecified atom stereocenters. The van der Waals surface area contributed by atoms with Gasteiger partial charge in [0.05, 0.1) is 0 Å². The zero-order valence-corrected chi connectivity index (χ0v) is 12.4. The minimum absolute atomic E-state index is 0.293. The zero-order valence-electron chi connectivity index (χ0n) is 11.6. The molecule has 0 aliphatic carbocycles. The van der Waals surface area contributed by atoms with E-state index in [4.69, 9.17) is 0 Å². The lowest BCUT2D eigenvalue weighted by Crippen LogP contribution is -2.44. The average molecular weight is 284 g/mol. The minimum atomic E-state index is 0.293. The van der Waals surface area contributed by atoms with Crippen molar-refractivity contribution in [2.75, 3.05) is 31.1 Å². The summed E-state index contributed by atoms with van der Waals surface area (Å²) in [5.41, 5.74) is 2.72. The van der Waals surface area contributed by atoms with E-state index in [1.165, 1.54) is 16.1 Å². The molecule has 0 spiro atoms. The first kappa shape index (κ1) is 13.4. The topological polar surface area (TPSA) is 15.3 Å². The number of piperazine rings is 1. The summed E-state index contributed by atoms with van der Waals surface area (Å²) in [5, 5.41) is 5.55. The highest BCUT2D eigenvalue weighted by atomic mass is 32.1. The highest BCUT2D eigenvalue weighted by molar-refractivity contribution is 7.10. The van der Waals surface area contributed by atoms with E-state index in [-0.39, 0.29) is 0 Å². The number of allylic oxidation sites excluding steroid dienone is 1. The summed E-state index contributed by atoms with van der Waals surface area (Å²) >= 11 is 1.80. The average Bonchev–Trinajstić information content (AvgIpc) is 3.04. The highest BCUT2D eigenvalue weighted by Gasteiger charge is 2.19. The van der Waals surface area contributed by atoms with E-state index in [1.807, 2.05) is 0 Å². The fourth-order valence-electron chi connectivity index (χ4n) is 2.81. The maximum absolute atomic E-state index is 4.06. The fourth-order valence-corrected chi connectivity index (χ4v) is 3.65. The Kier molecular flexibility index (Phi) is 4.19. The second kappa shape index (κ2) is 6.25. The number of thiophene rings is 1. The lowest BCUT2D eigenvalue weighted by molar-refractivity contribution is 0.587. The van der Waals surface area contributed by atoms with E-state index in [1.54, 1.807) is 11.3 Å². The van der Waals surface area contributed by atoms with Crippen LogP contribution in [-0.4, -0.2) is 26.2 Å². The van der Waals surface area contributed by atoms with E-state index < -0.39 is 0 Å². The Labute approximate surface area is 124 Å². The molecule has 1 aromatic heterocycles. The maximum Gasteiger partial charge on any atom is 0.0409 e. The highest BCUT2D eigenvalue weighted by Crippen LogP contribution is 2.35. The maximum atomic E-state index is 4.06. The molecule has 1 atom stereocenters. The quantitative estimate of drug-likeness (QED) is 0.865.